The highest BCUT2D eigenvalue weighted by atomic mass is 32.2. The van der Waals surface area contributed by atoms with E-state index in [1.807, 2.05) is 35.8 Å². The maximum Gasteiger partial charge on any atom is 0.157 e. The lowest BCUT2D eigenvalue weighted by atomic mass is 10.2. The number of nitrogens with zero attached hydrogens (tertiary/aromatic N) is 3. The van der Waals surface area contributed by atoms with Crippen LogP contribution in [0.1, 0.15) is 26.0 Å². The second kappa shape index (κ2) is 5.58. The van der Waals surface area contributed by atoms with Gasteiger partial charge in [-0.05, 0) is 19.4 Å². The number of amidine groups is 1. The molecule has 0 amide bonds. The zero-order valence-electron chi connectivity index (χ0n) is 10.7. The minimum absolute atomic E-state index is 0.542. The van der Waals surface area contributed by atoms with Gasteiger partial charge in [-0.15, -0.1) is 0 Å². The van der Waals surface area contributed by atoms with Crippen molar-refractivity contribution in [3.63, 3.8) is 0 Å². The first-order chi connectivity index (χ1) is 8.13. The minimum atomic E-state index is 0.542. The Balaban J connectivity index is 1.83. The maximum absolute atomic E-state index is 4.61. The highest BCUT2D eigenvalue weighted by Crippen LogP contribution is 2.22. The zero-order chi connectivity index (χ0) is 12.3. The van der Waals surface area contributed by atoms with Gasteiger partial charge in [-0.2, -0.15) is 5.10 Å². The highest BCUT2D eigenvalue weighted by molar-refractivity contribution is 8.14. The molecule has 94 valence electrons. The first-order valence-electron chi connectivity index (χ1n) is 6.09. The van der Waals surface area contributed by atoms with E-state index in [-0.39, 0.29) is 0 Å². The van der Waals surface area contributed by atoms with E-state index in [0.29, 0.717) is 11.3 Å². The Kier molecular flexibility index (Phi) is 4.10. The summed E-state index contributed by atoms with van der Waals surface area (Å²) in [5.74, 6) is 0. The van der Waals surface area contributed by atoms with E-state index in [0.717, 1.165) is 23.8 Å². The third-order valence-corrected chi connectivity index (χ3v) is 3.83. The summed E-state index contributed by atoms with van der Waals surface area (Å²) in [6.45, 7) is 5.28. The molecule has 2 unspecified atom stereocenters. The van der Waals surface area contributed by atoms with Gasteiger partial charge in [-0.25, -0.2) is 0 Å². The normalized spacial score (nSPS) is 27.1. The van der Waals surface area contributed by atoms with Crippen molar-refractivity contribution in [1.29, 1.82) is 0 Å². The fraction of sp³-hybridized carbons (Fsp3) is 0.667. The Hall–Kier alpha value is -0.970. The van der Waals surface area contributed by atoms with E-state index in [9.17, 15) is 0 Å². The molecule has 1 saturated heterocycles. The quantitative estimate of drug-likeness (QED) is 0.892. The summed E-state index contributed by atoms with van der Waals surface area (Å²) in [5, 5.41) is 9.53. The summed E-state index contributed by atoms with van der Waals surface area (Å²) in [4.78, 5) is 4.61. The molecule has 1 aliphatic heterocycles. The molecule has 2 heterocycles. The molecule has 0 spiro atoms. The van der Waals surface area contributed by atoms with Crippen LogP contribution in [0, 0.1) is 0 Å². The van der Waals surface area contributed by atoms with E-state index >= 15 is 0 Å². The number of nitrogens with one attached hydrogen (secondary N) is 1. The molecular formula is C12H20N4S. The fourth-order valence-corrected chi connectivity index (χ4v) is 3.19. The third-order valence-electron chi connectivity index (χ3n) is 2.76. The predicted molar refractivity (Wildman–Crippen MR) is 73.5 cm³/mol. The largest absolute Gasteiger partial charge is 0.362 e. The summed E-state index contributed by atoms with van der Waals surface area (Å²) in [6, 6.07) is 2.59. The van der Waals surface area contributed by atoms with Crippen molar-refractivity contribution in [2.75, 3.05) is 6.54 Å². The molecule has 2 atom stereocenters. The van der Waals surface area contributed by atoms with E-state index in [1.54, 1.807) is 0 Å². The topological polar surface area (TPSA) is 42.2 Å². The molecule has 17 heavy (non-hydrogen) atoms. The van der Waals surface area contributed by atoms with Gasteiger partial charge >= 0.3 is 0 Å². The molecule has 4 nitrogen and oxygen atoms in total. The molecule has 0 aliphatic carbocycles. The Labute approximate surface area is 107 Å². The molecule has 1 aromatic rings. The van der Waals surface area contributed by atoms with Crippen molar-refractivity contribution in [3.8, 4) is 0 Å². The summed E-state index contributed by atoms with van der Waals surface area (Å²) in [7, 11) is 1.94. The third kappa shape index (κ3) is 3.77. The van der Waals surface area contributed by atoms with Crippen LogP contribution < -0.4 is 5.32 Å². The summed E-state index contributed by atoms with van der Waals surface area (Å²) in [5.41, 5.74) is 1.11. The lowest BCUT2D eigenvalue weighted by Gasteiger charge is -2.26. The van der Waals surface area contributed by atoms with Gasteiger partial charge in [0.2, 0.25) is 0 Å². The number of rotatable bonds is 3. The fourth-order valence-electron chi connectivity index (χ4n) is 1.99. The second-order valence-electron chi connectivity index (χ2n) is 4.63. The summed E-state index contributed by atoms with van der Waals surface area (Å²) < 4.78 is 1.83. The van der Waals surface area contributed by atoms with Crippen LogP contribution >= 0.6 is 11.8 Å². The van der Waals surface area contributed by atoms with Crippen molar-refractivity contribution < 1.29 is 0 Å². The zero-order valence-corrected chi connectivity index (χ0v) is 11.5. The van der Waals surface area contributed by atoms with E-state index < -0.39 is 0 Å². The molecule has 5 heteroatoms. The van der Waals surface area contributed by atoms with Gasteiger partial charge in [-0.1, -0.05) is 18.7 Å². The van der Waals surface area contributed by atoms with Crippen LogP contribution in [0.4, 0.5) is 0 Å². The molecule has 2 rings (SSSR count). The van der Waals surface area contributed by atoms with Gasteiger partial charge in [0.15, 0.2) is 5.17 Å². The molecule has 1 fully saturated rings. The monoisotopic (exact) mass is 252 g/mol. The standard InChI is InChI=1S/C12H20N4S/c1-9-8-10(2)17-12(14-9)13-6-4-11-5-7-16(3)15-11/h5,7,9-10H,4,6,8H2,1-3H3,(H,13,14). The number of thioether (sulfide) groups is 1. The molecular weight excluding hydrogens is 232 g/mol. The molecule has 0 saturated carbocycles. The van der Waals surface area contributed by atoms with Crippen LogP contribution in [0.5, 0.6) is 0 Å². The van der Waals surface area contributed by atoms with E-state index in [1.165, 1.54) is 6.42 Å². The Morgan fingerprint density at radius 3 is 3.06 bits per heavy atom. The van der Waals surface area contributed by atoms with Crippen molar-refractivity contribution in [1.82, 2.24) is 15.1 Å². The smallest absolute Gasteiger partial charge is 0.157 e. The summed E-state index contributed by atoms with van der Waals surface area (Å²) in [6.07, 6.45) is 4.10. The van der Waals surface area contributed by atoms with Crippen molar-refractivity contribution in [3.05, 3.63) is 18.0 Å². The van der Waals surface area contributed by atoms with Crippen molar-refractivity contribution in [2.45, 2.75) is 38.0 Å². The Morgan fingerprint density at radius 2 is 2.41 bits per heavy atom. The van der Waals surface area contributed by atoms with Crippen LogP contribution in [0.15, 0.2) is 17.3 Å². The first kappa shape index (κ1) is 12.5. The number of aliphatic imine (C=N–C) groups is 1. The molecule has 1 N–H and O–H groups in total. The second-order valence-corrected chi connectivity index (χ2v) is 6.05. The highest BCUT2D eigenvalue weighted by Gasteiger charge is 2.19. The lowest BCUT2D eigenvalue weighted by molar-refractivity contribution is 0.597. The maximum atomic E-state index is 4.61. The van der Waals surface area contributed by atoms with Gasteiger partial charge in [0.25, 0.3) is 0 Å². The van der Waals surface area contributed by atoms with Gasteiger partial charge in [-0.3, -0.25) is 9.67 Å². The molecule has 1 aromatic heterocycles. The van der Waals surface area contributed by atoms with Crippen LogP contribution in [0.2, 0.25) is 0 Å². The Bertz CT molecular complexity index is 387. The number of hydrogen-bond acceptors (Lipinski definition) is 3. The average molecular weight is 252 g/mol. The van der Waals surface area contributed by atoms with Crippen LogP contribution in [-0.4, -0.2) is 32.8 Å². The molecule has 0 radical (unpaired) electrons. The van der Waals surface area contributed by atoms with Crippen LogP contribution in [0.3, 0.4) is 0 Å². The summed E-state index contributed by atoms with van der Waals surface area (Å²) >= 11 is 1.84. The van der Waals surface area contributed by atoms with Crippen LogP contribution in [-0.2, 0) is 13.5 Å². The number of aryl methyl sites for hydroxylation is 1. The predicted octanol–water partition coefficient (Wildman–Crippen LogP) is 1.82. The minimum Gasteiger partial charge on any atom is -0.362 e. The Morgan fingerprint density at radius 1 is 1.59 bits per heavy atom. The van der Waals surface area contributed by atoms with Gasteiger partial charge < -0.3 is 5.32 Å². The molecule has 0 aromatic carbocycles. The van der Waals surface area contributed by atoms with Crippen molar-refractivity contribution in [2.24, 2.45) is 12.0 Å². The lowest BCUT2D eigenvalue weighted by Crippen LogP contribution is -2.38. The molecule has 1 aliphatic rings. The SMILES string of the molecule is CC1CC(C)SC(=NCCc2ccn(C)n2)N1. The number of hydrogen-bond donors (Lipinski definition) is 1. The first-order valence-corrected chi connectivity index (χ1v) is 6.97. The van der Waals surface area contributed by atoms with Gasteiger partial charge in [0.1, 0.15) is 0 Å². The van der Waals surface area contributed by atoms with E-state index in [4.69, 9.17) is 0 Å². The number of aromatic nitrogens is 2. The van der Waals surface area contributed by atoms with E-state index in [2.05, 4.69) is 29.3 Å². The average Bonchev–Trinajstić information content (AvgIpc) is 2.63. The van der Waals surface area contributed by atoms with Crippen molar-refractivity contribution >= 4 is 16.9 Å². The van der Waals surface area contributed by atoms with Gasteiger partial charge in [0.05, 0.1) is 5.69 Å². The van der Waals surface area contributed by atoms with Gasteiger partial charge in [0, 0.05) is 37.5 Å². The molecule has 0 bridgehead atoms. The van der Waals surface area contributed by atoms with Crippen LogP contribution in [0.25, 0.3) is 0 Å².